The van der Waals surface area contributed by atoms with Crippen molar-refractivity contribution in [2.24, 2.45) is 5.73 Å². The van der Waals surface area contributed by atoms with Gasteiger partial charge in [-0.3, -0.25) is 5.43 Å². The summed E-state index contributed by atoms with van der Waals surface area (Å²) in [5.41, 5.74) is 10.6. The van der Waals surface area contributed by atoms with Gasteiger partial charge in [0.1, 0.15) is 0 Å². The lowest BCUT2D eigenvalue weighted by atomic mass is 10.2. The Hall–Kier alpha value is -0.770. The minimum atomic E-state index is -0.587. The van der Waals surface area contributed by atoms with Crippen LogP contribution >= 0.6 is 0 Å². The molecule has 0 aliphatic heterocycles. The summed E-state index contributed by atoms with van der Waals surface area (Å²) in [6.45, 7) is 2.78. The highest BCUT2D eigenvalue weighted by Crippen LogP contribution is 1.90. The van der Waals surface area contributed by atoms with Gasteiger partial charge in [0.05, 0.1) is 0 Å². The normalized spacial score (nSPS) is 9.30. The Bertz CT molecular complexity index is 95.0. The van der Waals surface area contributed by atoms with Crippen LogP contribution in [0.3, 0.4) is 0 Å². The van der Waals surface area contributed by atoms with Crippen molar-refractivity contribution in [2.75, 3.05) is 6.54 Å². The van der Waals surface area contributed by atoms with Gasteiger partial charge in [0, 0.05) is 6.54 Å². The monoisotopic (exact) mass is 144 g/mol. The van der Waals surface area contributed by atoms with Crippen LogP contribution in [0.15, 0.2) is 0 Å². The van der Waals surface area contributed by atoms with Gasteiger partial charge in [0.15, 0.2) is 0 Å². The zero-order valence-corrected chi connectivity index (χ0v) is 6.26. The zero-order chi connectivity index (χ0) is 7.82. The fraction of sp³-hybridized carbons (Fsp3) is 0.833. The van der Waals surface area contributed by atoms with E-state index in [-0.39, 0.29) is 0 Å². The highest BCUT2D eigenvalue weighted by Gasteiger charge is 1.90. The van der Waals surface area contributed by atoms with Crippen LogP contribution in [-0.2, 0) is 0 Å². The van der Waals surface area contributed by atoms with Crippen LogP contribution in [0.4, 0.5) is 4.79 Å². The molecule has 0 aromatic carbocycles. The van der Waals surface area contributed by atoms with E-state index in [0.717, 1.165) is 19.3 Å². The molecule has 0 bridgehead atoms. The first-order valence-electron chi connectivity index (χ1n) is 3.49. The predicted octanol–water partition coefficient (Wildman–Crippen LogP) is 0.364. The molecule has 0 saturated heterocycles. The number of urea groups is 1. The first kappa shape index (κ1) is 9.23. The molecule has 0 aromatic rings. The lowest BCUT2D eigenvalue weighted by molar-refractivity contribution is 0.244. The number of hydrogen-bond acceptors (Lipinski definition) is 1. The Morgan fingerprint density at radius 1 is 1.60 bits per heavy atom. The summed E-state index contributed by atoms with van der Waals surface area (Å²) in [5.74, 6) is 0. The van der Waals surface area contributed by atoms with Crippen molar-refractivity contribution >= 4 is 6.03 Å². The van der Waals surface area contributed by atoms with Crippen LogP contribution in [0.2, 0.25) is 0 Å². The van der Waals surface area contributed by atoms with Gasteiger partial charge in [-0.25, -0.2) is 4.79 Å². The number of unbranched alkanes of at least 4 members (excludes halogenated alkanes) is 2. The molecule has 0 spiro atoms. The van der Waals surface area contributed by atoms with Gasteiger partial charge in [0.2, 0.25) is 0 Å². The van der Waals surface area contributed by atoms with Gasteiger partial charge in [0.25, 0.3) is 0 Å². The van der Waals surface area contributed by atoms with Gasteiger partial charge in [-0.15, -0.1) is 5.43 Å². The topological polar surface area (TPSA) is 69.2 Å². The van der Waals surface area contributed by atoms with E-state index < -0.39 is 6.03 Å². The van der Waals surface area contributed by atoms with E-state index in [0.29, 0.717) is 6.54 Å². The summed E-state index contributed by atoms with van der Waals surface area (Å²) in [5, 5.41) is 0. The number of nitrogens with one attached hydrogen (secondary N) is 1. The molecule has 0 aliphatic rings. The summed E-state index contributed by atoms with van der Waals surface area (Å²) in [4.78, 5) is 10.0. The van der Waals surface area contributed by atoms with Crippen LogP contribution < -0.4 is 16.6 Å². The van der Waals surface area contributed by atoms with Crippen molar-refractivity contribution < 1.29 is 4.79 Å². The number of nitrogens with zero attached hydrogens (tertiary/aromatic N) is 1. The minimum Gasteiger partial charge on any atom is -0.351 e. The molecule has 0 atom stereocenters. The molecule has 1 radical (unpaired) electrons. The molecule has 0 aliphatic carbocycles. The fourth-order valence-electron chi connectivity index (χ4n) is 0.575. The molecular weight excluding hydrogens is 130 g/mol. The second kappa shape index (κ2) is 6.35. The van der Waals surface area contributed by atoms with E-state index in [1.807, 2.05) is 0 Å². The average Bonchev–Trinajstić information content (AvgIpc) is 1.87. The molecule has 59 valence electrons. The zero-order valence-electron chi connectivity index (χ0n) is 6.26. The molecule has 0 unspecified atom stereocenters. The molecule has 10 heavy (non-hydrogen) atoms. The van der Waals surface area contributed by atoms with Gasteiger partial charge >= 0.3 is 6.03 Å². The Balaban J connectivity index is 2.84. The fourth-order valence-corrected chi connectivity index (χ4v) is 0.575. The summed E-state index contributed by atoms with van der Waals surface area (Å²) >= 11 is 0. The highest BCUT2D eigenvalue weighted by atomic mass is 16.2. The molecular formula is C6H14N3O. The first-order valence-corrected chi connectivity index (χ1v) is 3.49. The smallest absolute Gasteiger partial charge is 0.327 e. The number of primary amides is 1. The Kier molecular flexibility index (Phi) is 5.86. The summed E-state index contributed by atoms with van der Waals surface area (Å²) in [6.07, 6.45) is 3.31. The van der Waals surface area contributed by atoms with E-state index in [4.69, 9.17) is 5.73 Å². The summed E-state index contributed by atoms with van der Waals surface area (Å²) in [6, 6.07) is -0.587. The second-order valence-electron chi connectivity index (χ2n) is 2.06. The van der Waals surface area contributed by atoms with Crippen LogP contribution in [-0.4, -0.2) is 12.6 Å². The molecule has 0 fully saturated rings. The number of carbonyl (C=O) groups is 1. The maximum atomic E-state index is 10.0. The molecule has 4 nitrogen and oxygen atoms in total. The quantitative estimate of drug-likeness (QED) is 0.424. The predicted molar refractivity (Wildman–Crippen MR) is 39.2 cm³/mol. The molecule has 0 heterocycles. The van der Waals surface area contributed by atoms with Crippen LogP contribution in [0.5, 0.6) is 0 Å². The third-order valence-corrected chi connectivity index (χ3v) is 1.06. The van der Waals surface area contributed by atoms with Crippen molar-refractivity contribution in [1.29, 1.82) is 0 Å². The number of hydrogen-bond donors (Lipinski definition) is 2. The maximum absolute atomic E-state index is 10.0. The van der Waals surface area contributed by atoms with E-state index >= 15 is 0 Å². The van der Waals surface area contributed by atoms with Crippen LogP contribution in [0.25, 0.3) is 0 Å². The lowest BCUT2D eigenvalue weighted by Crippen LogP contribution is -2.36. The second-order valence-corrected chi connectivity index (χ2v) is 2.06. The third kappa shape index (κ3) is 7.23. The third-order valence-electron chi connectivity index (χ3n) is 1.06. The largest absolute Gasteiger partial charge is 0.351 e. The SMILES string of the molecule is CCCCC[N]NC(N)=O. The minimum absolute atomic E-state index is 0.587. The van der Waals surface area contributed by atoms with Gasteiger partial charge in [-0.1, -0.05) is 19.8 Å². The molecule has 0 saturated carbocycles. The van der Waals surface area contributed by atoms with Crippen LogP contribution in [0.1, 0.15) is 26.2 Å². The van der Waals surface area contributed by atoms with E-state index in [9.17, 15) is 4.79 Å². The van der Waals surface area contributed by atoms with Crippen molar-refractivity contribution in [3.05, 3.63) is 0 Å². The number of carbonyl (C=O) groups excluding carboxylic acids is 1. The number of nitrogens with two attached hydrogens (primary N) is 1. The maximum Gasteiger partial charge on any atom is 0.327 e. The summed E-state index contributed by atoms with van der Waals surface area (Å²) in [7, 11) is 0. The van der Waals surface area contributed by atoms with Crippen molar-refractivity contribution in [3.8, 4) is 0 Å². The van der Waals surface area contributed by atoms with Crippen molar-refractivity contribution in [3.63, 3.8) is 0 Å². The molecule has 2 amide bonds. The first-order chi connectivity index (χ1) is 4.77. The Labute approximate surface area is 61.1 Å². The highest BCUT2D eigenvalue weighted by molar-refractivity contribution is 5.70. The van der Waals surface area contributed by atoms with Crippen LogP contribution in [0, 0.1) is 0 Å². The van der Waals surface area contributed by atoms with E-state index in [1.165, 1.54) is 0 Å². The Morgan fingerprint density at radius 3 is 2.80 bits per heavy atom. The van der Waals surface area contributed by atoms with E-state index in [2.05, 4.69) is 17.8 Å². The molecule has 0 aromatic heterocycles. The van der Waals surface area contributed by atoms with Gasteiger partial charge < -0.3 is 5.73 Å². The van der Waals surface area contributed by atoms with Gasteiger partial charge in [-0.2, -0.15) is 0 Å². The average molecular weight is 144 g/mol. The van der Waals surface area contributed by atoms with Crippen molar-refractivity contribution in [1.82, 2.24) is 10.9 Å². The lowest BCUT2D eigenvalue weighted by Gasteiger charge is -1.99. The standard InChI is InChI=1S/C6H14N3O/c1-2-3-4-5-8-9-6(7)10/h2-5H2,1H3,(H3,7,9,10). The van der Waals surface area contributed by atoms with E-state index in [1.54, 1.807) is 0 Å². The van der Waals surface area contributed by atoms with Gasteiger partial charge in [-0.05, 0) is 6.42 Å². The van der Waals surface area contributed by atoms with Crippen molar-refractivity contribution in [2.45, 2.75) is 26.2 Å². The Morgan fingerprint density at radius 2 is 2.30 bits per heavy atom. The molecule has 0 rings (SSSR count). The number of amides is 2. The number of rotatable bonds is 5. The molecule has 4 heteroatoms. The summed E-state index contributed by atoms with van der Waals surface area (Å²) < 4.78 is 0. The molecule has 3 N–H and O–H groups in total.